The van der Waals surface area contributed by atoms with Crippen molar-refractivity contribution in [2.45, 2.75) is 30.7 Å². The Morgan fingerprint density at radius 3 is 2.61 bits per heavy atom. The molecular formula is C20H21FN2O4S. The topological polar surface area (TPSA) is 66.9 Å². The third-order valence-electron chi connectivity index (χ3n) is 5.24. The van der Waals surface area contributed by atoms with Crippen LogP contribution in [0.2, 0.25) is 0 Å². The second-order valence-corrected chi connectivity index (χ2v) is 8.86. The molecule has 6 nitrogen and oxygen atoms in total. The number of sulfonamides is 1. The van der Waals surface area contributed by atoms with E-state index in [0.717, 1.165) is 12.0 Å². The van der Waals surface area contributed by atoms with Crippen molar-refractivity contribution in [2.75, 3.05) is 24.6 Å². The number of hydrogen-bond acceptors (Lipinski definition) is 4. The van der Waals surface area contributed by atoms with Crippen molar-refractivity contribution >= 4 is 21.6 Å². The molecule has 0 spiro atoms. The second kappa shape index (κ2) is 7.18. The van der Waals surface area contributed by atoms with E-state index in [1.807, 2.05) is 0 Å². The average Bonchev–Trinajstić information content (AvgIpc) is 3.18. The Morgan fingerprint density at radius 2 is 1.89 bits per heavy atom. The van der Waals surface area contributed by atoms with Crippen molar-refractivity contribution in [2.24, 2.45) is 0 Å². The molecule has 2 aromatic rings. The van der Waals surface area contributed by atoms with Crippen LogP contribution < -0.4 is 9.64 Å². The third kappa shape index (κ3) is 3.27. The lowest BCUT2D eigenvalue weighted by Crippen LogP contribution is -2.36. The van der Waals surface area contributed by atoms with Gasteiger partial charge >= 0.3 is 0 Å². The molecule has 2 aliphatic rings. The fourth-order valence-electron chi connectivity index (χ4n) is 3.87. The summed E-state index contributed by atoms with van der Waals surface area (Å²) in [7, 11) is -3.78. The van der Waals surface area contributed by atoms with E-state index in [-0.39, 0.29) is 22.7 Å². The van der Waals surface area contributed by atoms with Crippen LogP contribution in [-0.4, -0.2) is 38.3 Å². The van der Waals surface area contributed by atoms with Crippen LogP contribution in [0.15, 0.2) is 47.4 Å². The zero-order chi connectivity index (χ0) is 19.9. The minimum absolute atomic E-state index is 0.122. The van der Waals surface area contributed by atoms with E-state index in [4.69, 9.17) is 4.74 Å². The monoisotopic (exact) mass is 404 g/mol. The molecule has 2 heterocycles. The first-order valence-corrected chi connectivity index (χ1v) is 10.6. The van der Waals surface area contributed by atoms with E-state index < -0.39 is 10.0 Å². The lowest BCUT2D eigenvalue weighted by atomic mass is 10.1. The molecule has 0 radical (unpaired) electrons. The summed E-state index contributed by atoms with van der Waals surface area (Å²) in [6.45, 7) is 2.60. The molecule has 0 bridgehead atoms. The maximum absolute atomic E-state index is 13.4. The van der Waals surface area contributed by atoms with Crippen LogP contribution >= 0.6 is 0 Å². The summed E-state index contributed by atoms with van der Waals surface area (Å²) in [5.74, 6) is -0.0171. The molecule has 2 aromatic carbocycles. The third-order valence-corrected chi connectivity index (χ3v) is 7.14. The van der Waals surface area contributed by atoms with E-state index >= 15 is 0 Å². The Hall–Kier alpha value is -2.45. The van der Waals surface area contributed by atoms with Crippen LogP contribution in [0.25, 0.3) is 0 Å². The Balaban J connectivity index is 1.71. The van der Waals surface area contributed by atoms with Crippen LogP contribution in [0.3, 0.4) is 0 Å². The first kappa shape index (κ1) is 18.9. The van der Waals surface area contributed by atoms with E-state index in [9.17, 15) is 17.6 Å². The van der Waals surface area contributed by atoms with Crippen LogP contribution in [0.1, 0.15) is 31.4 Å². The predicted molar refractivity (Wildman–Crippen MR) is 102 cm³/mol. The highest BCUT2D eigenvalue weighted by atomic mass is 32.2. The number of ether oxygens (including phenoxy) is 1. The number of fused-ring (bicyclic) bond motifs is 1. The van der Waals surface area contributed by atoms with E-state index in [2.05, 4.69) is 0 Å². The van der Waals surface area contributed by atoms with Crippen LogP contribution in [0.5, 0.6) is 5.75 Å². The highest BCUT2D eigenvalue weighted by Crippen LogP contribution is 2.39. The maximum Gasteiger partial charge on any atom is 0.243 e. The molecule has 2 aliphatic heterocycles. The molecule has 1 atom stereocenters. The summed E-state index contributed by atoms with van der Waals surface area (Å²) in [5, 5.41) is 0. The van der Waals surface area contributed by atoms with Crippen molar-refractivity contribution in [3.8, 4) is 5.75 Å². The second-order valence-electron chi connectivity index (χ2n) is 6.97. The lowest BCUT2D eigenvalue weighted by molar-refractivity contribution is -0.116. The number of anilines is 1. The van der Waals surface area contributed by atoms with Gasteiger partial charge < -0.3 is 9.64 Å². The van der Waals surface area contributed by atoms with E-state index in [1.165, 1.54) is 40.4 Å². The van der Waals surface area contributed by atoms with Crippen LogP contribution in [0.4, 0.5) is 10.1 Å². The predicted octanol–water partition coefficient (Wildman–Crippen LogP) is 3.10. The molecule has 0 N–H and O–H groups in total. The van der Waals surface area contributed by atoms with Gasteiger partial charge in [-0.05, 0) is 48.7 Å². The SMILES string of the molecule is CC(=O)N1CCOc2ccc(S(=O)(=O)N3CCC[C@@H]3c3ccc(F)cc3)cc21. The highest BCUT2D eigenvalue weighted by Gasteiger charge is 2.37. The van der Waals surface area contributed by atoms with Gasteiger partial charge in [-0.2, -0.15) is 4.31 Å². The van der Waals surface area contributed by atoms with Gasteiger partial charge in [0.05, 0.1) is 23.2 Å². The summed E-state index contributed by atoms with van der Waals surface area (Å²) < 4.78 is 47.0. The van der Waals surface area contributed by atoms with E-state index in [1.54, 1.807) is 18.2 Å². The van der Waals surface area contributed by atoms with Gasteiger partial charge in [-0.3, -0.25) is 4.79 Å². The minimum Gasteiger partial charge on any atom is -0.490 e. The molecule has 0 aliphatic carbocycles. The van der Waals surface area contributed by atoms with Crippen LogP contribution in [0, 0.1) is 5.82 Å². The number of rotatable bonds is 3. The van der Waals surface area contributed by atoms with Crippen molar-refractivity contribution in [3.63, 3.8) is 0 Å². The standard InChI is InChI=1S/C20H21FN2O4S/c1-14(24)22-11-12-27-20-9-8-17(13-19(20)22)28(25,26)23-10-2-3-18(23)15-4-6-16(21)7-5-15/h4-9,13,18H,2-3,10-12H2,1H3/t18-/m1/s1. The molecule has 0 aromatic heterocycles. The number of halogens is 1. The summed E-state index contributed by atoms with van der Waals surface area (Å²) in [6.07, 6.45) is 1.41. The number of hydrogen-bond donors (Lipinski definition) is 0. The highest BCUT2D eigenvalue weighted by molar-refractivity contribution is 7.89. The van der Waals surface area contributed by atoms with Gasteiger partial charge in [-0.15, -0.1) is 0 Å². The molecule has 0 unspecified atom stereocenters. The first-order valence-electron chi connectivity index (χ1n) is 9.20. The molecule has 28 heavy (non-hydrogen) atoms. The Bertz CT molecular complexity index is 1010. The maximum atomic E-state index is 13.4. The number of carbonyl (C=O) groups is 1. The summed E-state index contributed by atoms with van der Waals surface area (Å²) in [5.41, 5.74) is 1.24. The number of carbonyl (C=O) groups excluding carboxylic acids is 1. The van der Waals surface area contributed by atoms with E-state index in [0.29, 0.717) is 37.6 Å². The van der Waals surface area contributed by atoms with Crippen molar-refractivity contribution in [1.29, 1.82) is 0 Å². The fourth-order valence-corrected chi connectivity index (χ4v) is 5.57. The quantitative estimate of drug-likeness (QED) is 0.789. The van der Waals surface area contributed by atoms with Gasteiger partial charge in [0.1, 0.15) is 18.2 Å². The summed E-state index contributed by atoms with van der Waals surface area (Å²) >= 11 is 0. The van der Waals surface area contributed by atoms with Crippen molar-refractivity contribution < 1.29 is 22.3 Å². The minimum atomic E-state index is -3.78. The van der Waals surface area contributed by atoms with Crippen LogP contribution in [-0.2, 0) is 14.8 Å². The van der Waals surface area contributed by atoms with Gasteiger partial charge in [0.15, 0.2) is 0 Å². The molecule has 148 valence electrons. The molecule has 1 saturated heterocycles. The van der Waals surface area contributed by atoms with Gasteiger partial charge in [0.25, 0.3) is 0 Å². The van der Waals surface area contributed by atoms with Gasteiger partial charge in [-0.1, -0.05) is 12.1 Å². The molecule has 8 heteroatoms. The van der Waals surface area contributed by atoms with Gasteiger partial charge in [0, 0.05) is 13.5 Å². The molecule has 1 fully saturated rings. The molecule has 4 rings (SSSR count). The number of benzene rings is 2. The van der Waals surface area contributed by atoms with Gasteiger partial charge in [-0.25, -0.2) is 12.8 Å². The average molecular weight is 404 g/mol. The van der Waals surface area contributed by atoms with Crippen molar-refractivity contribution in [1.82, 2.24) is 4.31 Å². The molecule has 1 amide bonds. The Morgan fingerprint density at radius 1 is 1.14 bits per heavy atom. The Kier molecular flexibility index (Phi) is 4.84. The number of amides is 1. The number of nitrogens with zero attached hydrogens (tertiary/aromatic N) is 2. The zero-order valence-corrected chi connectivity index (χ0v) is 16.3. The molecular weight excluding hydrogens is 383 g/mol. The fraction of sp³-hybridized carbons (Fsp3) is 0.350. The summed E-state index contributed by atoms with van der Waals surface area (Å²) in [4.78, 5) is 13.6. The van der Waals surface area contributed by atoms with Crippen molar-refractivity contribution in [3.05, 3.63) is 53.8 Å². The smallest absolute Gasteiger partial charge is 0.243 e. The van der Waals surface area contributed by atoms with Gasteiger partial charge in [0.2, 0.25) is 15.9 Å². The zero-order valence-electron chi connectivity index (χ0n) is 15.5. The summed E-state index contributed by atoms with van der Waals surface area (Å²) in [6, 6.07) is 10.2. The largest absolute Gasteiger partial charge is 0.490 e. The lowest BCUT2D eigenvalue weighted by Gasteiger charge is -2.30. The first-order chi connectivity index (χ1) is 13.4. The molecule has 0 saturated carbocycles. The Labute approximate surface area is 163 Å². The normalized spacial score (nSPS) is 19.9.